The third-order valence-electron chi connectivity index (χ3n) is 1.82. The van der Waals surface area contributed by atoms with Gasteiger partial charge in [-0.3, -0.25) is 0 Å². The van der Waals surface area contributed by atoms with E-state index >= 15 is 0 Å². The normalized spacial score (nSPS) is 11.0. The van der Waals surface area contributed by atoms with E-state index in [0.29, 0.717) is 0 Å². The van der Waals surface area contributed by atoms with E-state index in [2.05, 4.69) is 43.9 Å². The van der Waals surface area contributed by atoms with Crippen LogP contribution in [0.2, 0.25) is 0 Å². The molecule has 0 aliphatic carbocycles. The van der Waals surface area contributed by atoms with Crippen LogP contribution in [0.1, 0.15) is 5.56 Å². The first-order valence-corrected chi connectivity index (χ1v) is 6.71. The Bertz CT molecular complexity index is 452. The van der Waals surface area contributed by atoms with Crippen molar-refractivity contribution in [3.8, 4) is 0 Å². The Morgan fingerprint density at radius 2 is 2.23 bits per heavy atom. The van der Waals surface area contributed by atoms with Crippen LogP contribution in [0.15, 0.2) is 17.5 Å². The zero-order valence-electron chi connectivity index (χ0n) is 6.48. The standard InChI is InChI=1S/C9H5BrFIS/c10-3-5-4-13-9-7(5)1-6(11)2-8(9)12/h1-2,4H,3H2. The second-order valence-electron chi connectivity index (χ2n) is 2.66. The summed E-state index contributed by atoms with van der Waals surface area (Å²) in [6.07, 6.45) is 0. The van der Waals surface area contributed by atoms with Gasteiger partial charge >= 0.3 is 0 Å². The molecule has 0 aliphatic rings. The average Bonchev–Trinajstić information content (AvgIpc) is 2.47. The van der Waals surface area contributed by atoms with Gasteiger partial charge in [0.15, 0.2) is 0 Å². The molecule has 0 N–H and O–H groups in total. The van der Waals surface area contributed by atoms with Crippen LogP contribution >= 0.6 is 49.9 Å². The summed E-state index contributed by atoms with van der Waals surface area (Å²) in [6, 6.07) is 3.17. The number of rotatable bonds is 1. The van der Waals surface area contributed by atoms with Crippen LogP contribution in [0.5, 0.6) is 0 Å². The first kappa shape index (κ1) is 9.86. The van der Waals surface area contributed by atoms with Gasteiger partial charge in [-0.2, -0.15) is 0 Å². The predicted octanol–water partition coefficient (Wildman–Crippen LogP) is 4.54. The number of hydrogen-bond donors (Lipinski definition) is 0. The number of benzene rings is 1. The number of fused-ring (bicyclic) bond motifs is 1. The summed E-state index contributed by atoms with van der Waals surface area (Å²) in [5, 5.41) is 3.89. The van der Waals surface area contributed by atoms with E-state index in [1.54, 1.807) is 23.5 Å². The van der Waals surface area contributed by atoms with Crippen molar-refractivity contribution in [3.63, 3.8) is 0 Å². The molecular weight excluding hydrogens is 366 g/mol. The van der Waals surface area contributed by atoms with E-state index in [-0.39, 0.29) is 5.82 Å². The molecule has 0 spiro atoms. The summed E-state index contributed by atoms with van der Waals surface area (Å²) in [6.45, 7) is 0. The van der Waals surface area contributed by atoms with E-state index in [1.807, 2.05) is 0 Å². The fourth-order valence-corrected chi connectivity index (χ4v) is 3.82. The van der Waals surface area contributed by atoms with E-state index in [4.69, 9.17) is 0 Å². The first-order chi connectivity index (χ1) is 6.22. The highest BCUT2D eigenvalue weighted by Gasteiger charge is 2.07. The Morgan fingerprint density at radius 3 is 2.92 bits per heavy atom. The fraction of sp³-hybridized carbons (Fsp3) is 0.111. The Labute approximate surface area is 101 Å². The Morgan fingerprint density at radius 1 is 1.46 bits per heavy atom. The SMILES string of the molecule is Fc1cc(I)c2scc(CBr)c2c1. The van der Waals surface area contributed by atoms with Gasteiger partial charge in [0.2, 0.25) is 0 Å². The number of alkyl halides is 1. The van der Waals surface area contributed by atoms with Gasteiger partial charge in [0.1, 0.15) is 5.82 Å². The monoisotopic (exact) mass is 370 g/mol. The van der Waals surface area contributed by atoms with Crippen LogP contribution in [-0.2, 0) is 5.33 Å². The van der Waals surface area contributed by atoms with Crippen LogP contribution in [0.25, 0.3) is 10.1 Å². The quantitative estimate of drug-likeness (QED) is 0.510. The minimum absolute atomic E-state index is 0.155. The lowest BCUT2D eigenvalue weighted by Gasteiger charge is -1.96. The molecule has 0 radical (unpaired) electrons. The summed E-state index contributed by atoms with van der Waals surface area (Å²) in [7, 11) is 0. The molecule has 2 rings (SSSR count). The van der Waals surface area contributed by atoms with Crippen molar-refractivity contribution in [2.24, 2.45) is 0 Å². The lowest BCUT2D eigenvalue weighted by molar-refractivity contribution is 0.629. The molecule has 0 saturated carbocycles. The average molecular weight is 371 g/mol. The Hall–Kier alpha value is 0.320. The Balaban J connectivity index is 2.82. The lowest BCUT2D eigenvalue weighted by Crippen LogP contribution is -1.79. The maximum absolute atomic E-state index is 13.1. The van der Waals surface area contributed by atoms with Crippen molar-refractivity contribution < 1.29 is 4.39 Å². The largest absolute Gasteiger partial charge is 0.207 e. The smallest absolute Gasteiger partial charge is 0.124 e. The first-order valence-electron chi connectivity index (χ1n) is 3.63. The molecule has 1 aromatic carbocycles. The zero-order chi connectivity index (χ0) is 9.42. The second-order valence-corrected chi connectivity index (χ2v) is 5.26. The number of thiophene rings is 1. The number of halogens is 3. The van der Waals surface area contributed by atoms with Gasteiger partial charge < -0.3 is 0 Å². The minimum atomic E-state index is -0.155. The third kappa shape index (κ3) is 1.76. The van der Waals surface area contributed by atoms with Gasteiger partial charge in [0, 0.05) is 19.0 Å². The third-order valence-corrected chi connectivity index (χ3v) is 4.72. The van der Waals surface area contributed by atoms with Crippen LogP contribution in [-0.4, -0.2) is 0 Å². The predicted molar refractivity (Wildman–Crippen MR) is 67.1 cm³/mol. The summed E-state index contributed by atoms with van der Waals surface area (Å²) in [5.74, 6) is -0.155. The van der Waals surface area contributed by atoms with Crippen molar-refractivity contribution in [1.82, 2.24) is 0 Å². The molecule has 0 nitrogen and oxygen atoms in total. The lowest BCUT2D eigenvalue weighted by atomic mass is 10.2. The fourth-order valence-electron chi connectivity index (χ4n) is 1.22. The van der Waals surface area contributed by atoms with Crippen molar-refractivity contribution in [1.29, 1.82) is 0 Å². The molecular formula is C9H5BrFIS. The molecule has 4 heteroatoms. The molecule has 68 valence electrons. The summed E-state index contributed by atoms with van der Waals surface area (Å²) >= 11 is 7.23. The van der Waals surface area contributed by atoms with E-state index < -0.39 is 0 Å². The van der Waals surface area contributed by atoms with Crippen LogP contribution in [0.3, 0.4) is 0 Å². The van der Waals surface area contributed by atoms with Gasteiger partial charge in [-0.05, 0) is 45.7 Å². The van der Waals surface area contributed by atoms with Crippen LogP contribution in [0.4, 0.5) is 4.39 Å². The molecule has 13 heavy (non-hydrogen) atoms. The van der Waals surface area contributed by atoms with Gasteiger partial charge in [-0.1, -0.05) is 15.9 Å². The van der Waals surface area contributed by atoms with Gasteiger partial charge in [0.25, 0.3) is 0 Å². The maximum Gasteiger partial charge on any atom is 0.124 e. The van der Waals surface area contributed by atoms with Gasteiger partial charge in [0.05, 0.1) is 0 Å². The molecule has 0 bridgehead atoms. The number of hydrogen-bond acceptors (Lipinski definition) is 1. The van der Waals surface area contributed by atoms with Crippen molar-refractivity contribution in [2.45, 2.75) is 5.33 Å². The van der Waals surface area contributed by atoms with Crippen molar-refractivity contribution in [2.75, 3.05) is 0 Å². The van der Waals surface area contributed by atoms with E-state index in [0.717, 1.165) is 19.8 Å². The molecule has 0 aliphatic heterocycles. The molecule has 0 fully saturated rings. The van der Waals surface area contributed by atoms with Crippen molar-refractivity contribution in [3.05, 3.63) is 32.5 Å². The topological polar surface area (TPSA) is 0 Å². The molecule has 0 atom stereocenters. The van der Waals surface area contributed by atoms with Crippen molar-refractivity contribution >= 4 is 59.9 Å². The molecule has 1 aromatic heterocycles. The zero-order valence-corrected chi connectivity index (χ0v) is 11.0. The molecule has 0 amide bonds. The molecule has 1 heterocycles. The minimum Gasteiger partial charge on any atom is -0.207 e. The molecule has 0 unspecified atom stereocenters. The van der Waals surface area contributed by atoms with Crippen LogP contribution in [0, 0.1) is 9.39 Å². The molecule has 2 aromatic rings. The van der Waals surface area contributed by atoms with Crippen LogP contribution < -0.4 is 0 Å². The van der Waals surface area contributed by atoms with E-state index in [1.165, 1.54) is 4.70 Å². The highest BCUT2D eigenvalue weighted by molar-refractivity contribution is 14.1. The summed E-state index contributed by atoms with van der Waals surface area (Å²) in [4.78, 5) is 0. The summed E-state index contributed by atoms with van der Waals surface area (Å²) in [5.41, 5.74) is 1.16. The second kappa shape index (κ2) is 3.82. The highest BCUT2D eigenvalue weighted by atomic mass is 127. The highest BCUT2D eigenvalue weighted by Crippen LogP contribution is 2.32. The Kier molecular flexibility index (Phi) is 2.90. The summed E-state index contributed by atoms with van der Waals surface area (Å²) < 4.78 is 15.2. The van der Waals surface area contributed by atoms with Gasteiger partial charge in [-0.25, -0.2) is 4.39 Å². The van der Waals surface area contributed by atoms with E-state index in [9.17, 15) is 4.39 Å². The van der Waals surface area contributed by atoms with Gasteiger partial charge in [-0.15, -0.1) is 11.3 Å². The molecule has 0 saturated heterocycles. The maximum atomic E-state index is 13.1.